The first kappa shape index (κ1) is 14.4. The van der Waals surface area contributed by atoms with Crippen molar-refractivity contribution in [1.29, 1.82) is 0 Å². The number of hydrogen-bond acceptors (Lipinski definition) is 5. The van der Waals surface area contributed by atoms with Crippen molar-refractivity contribution in [3.8, 4) is 0 Å². The Kier molecular flexibility index (Phi) is 5.31. The first-order valence-corrected chi connectivity index (χ1v) is 5.87. The monoisotopic (exact) mass is 269 g/mol. The highest BCUT2D eigenvalue weighted by Gasteiger charge is 2.35. The summed E-state index contributed by atoms with van der Waals surface area (Å²) in [6.07, 6.45) is -2.70. The summed E-state index contributed by atoms with van der Waals surface area (Å²) < 4.78 is 42.2. The van der Waals surface area contributed by atoms with E-state index in [1.54, 1.807) is 0 Å². The molecule has 0 saturated carbocycles. The molecule has 1 atom stereocenters. The molecule has 4 nitrogen and oxygen atoms in total. The van der Waals surface area contributed by atoms with Crippen molar-refractivity contribution < 1.29 is 17.9 Å². The molecule has 0 fully saturated rings. The largest absolute Gasteiger partial charge is 0.443 e. The maximum atomic E-state index is 12.3. The average Bonchev–Trinajstić information content (AvgIpc) is 2.73. The number of nitrogens with two attached hydrogens (primary N) is 1. The minimum absolute atomic E-state index is 0.366. The number of rotatable bonds is 6. The molecule has 0 aliphatic carbocycles. The fourth-order valence-corrected chi connectivity index (χ4v) is 2.11. The number of nitrogens with one attached hydrogen (secondary N) is 1. The number of thiazole rings is 1. The number of nitrogens with zero attached hydrogens (tertiary/aromatic N) is 1. The molecule has 1 heterocycles. The highest BCUT2D eigenvalue weighted by molar-refractivity contribution is 7.11. The number of alkyl halides is 3. The predicted octanol–water partition coefficient (Wildman–Crippen LogP) is 2.09. The van der Waals surface area contributed by atoms with Gasteiger partial charge in [-0.15, -0.1) is 11.3 Å². The second kappa shape index (κ2) is 6.29. The Balaban J connectivity index is 2.66. The molecule has 0 saturated heterocycles. The van der Waals surface area contributed by atoms with Gasteiger partial charge in [-0.05, 0) is 13.3 Å². The van der Waals surface area contributed by atoms with E-state index in [2.05, 4.69) is 10.4 Å². The number of hydrazine groups is 1. The first-order chi connectivity index (χ1) is 7.99. The van der Waals surface area contributed by atoms with Gasteiger partial charge in [0.05, 0.1) is 6.04 Å². The Morgan fingerprint density at radius 2 is 2.29 bits per heavy atom. The normalized spacial score (nSPS) is 13.9. The minimum atomic E-state index is -4.40. The smallest absolute Gasteiger partial charge is 0.382 e. The molecule has 1 aromatic rings. The SMILES string of the molecule is CCOCCC(NN)c1cnc(C(F)(F)F)s1. The van der Waals surface area contributed by atoms with Crippen LogP contribution in [-0.4, -0.2) is 18.2 Å². The van der Waals surface area contributed by atoms with Crippen LogP contribution >= 0.6 is 11.3 Å². The predicted molar refractivity (Wildman–Crippen MR) is 58.3 cm³/mol. The highest BCUT2D eigenvalue weighted by Crippen LogP contribution is 2.34. The Hall–Kier alpha value is -0.700. The molecule has 1 unspecified atom stereocenters. The summed E-state index contributed by atoms with van der Waals surface area (Å²) in [7, 11) is 0. The van der Waals surface area contributed by atoms with Gasteiger partial charge in [0.1, 0.15) is 0 Å². The summed E-state index contributed by atoms with van der Waals surface area (Å²) in [5.74, 6) is 5.30. The van der Waals surface area contributed by atoms with Gasteiger partial charge in [-0.1, -0.05) is 0 Å². The maximum Gasteiger partial charge on any atom is 0.443 e. The zero-order valence-corrected chi connectivity index (χ0v) is 10.1. The summed E-state index contributed by atoms with van der Waals surface area (Å²) in [6, 6.07) is -0.366. The van der Waals surface area contributed by atoms with Crippen LogP contribution in [0.1, 0.15) is 29.3 Å². The summed E-state index contributed by atoms with van der Waals surface area (Å²) >= 11 is 0.596. The van der Waals surface area contributed by atoms with Gasteiger partial charge in [-0.25, -0.2) is 4.98 Å². The zero-order chi connectivity index (χ0) is 12.9. The van der Waals surface area contributed by atoms with Crippen LogP contribution in [0.5, 0.6) is 0 Å². The van der Waals surface area contributed by atoms with Gasteiger partial charge in [0.2, 0.25) is 0 Å². The minimum Gasteiger partial charge on any atom is -0.382 e. The summed E-state index contributed by atoms with van der Waals surface area (Å²) in [6.45, 7) is 2.84. The molecule has 0 spiro atoms. The molecule has 1 aromatic heterocycles. The number of ether oxygens (including phenoxy) is 1. The van der Waals surface area contributed by atoms with Crippen molar-refractivity contribution in [2.24, 2.45) is 5.84 Å². The second-order valence-corrected chi connectivity index (χ2v) is 4.33. The molecular weight excluding hydrogens is 255 g/mol. The van der Waals surface area contributed by atoms with E-state index in [1.165, 1.54) is 6.20 Å². The van der Waals surface area contributed by atoms with Crippen LogP contribution in [-0.2, 0) is 10.9 Å². The quantitative estimate of drug-likeness (QED) is 0.471. The van der Waals surface area contributed by atoms with Gasteiger partial charge in [0.15, 0.2) is 5.01 Å². The Morgan fingerprint density at radius 1 is 1.59 bits per heavy atom. The van der Waals surface area contributed by atoms with E-state index in [4.69, 9.17) is 10.6 Å². The van der Waals surface area contributed by atoms with Crippen molar-refractivity contribution in [1.82, 2.24) is 10.4 Å². The van der Waals surface area contributed by atoms with E-state index in [0.29, 0.717) is 35.8 Å². The Bertz CT molecular complexity index is 342. The zero-order valence-electron chi connectivity index (χ0n) is 9.25. The lowest BCUT2D eigenvalue weighted by molar-refractivity contribution is -0.137. The molecule has 1 rings (SSSR count). The molecule has 0 bridgehead atoms. The third-order valence-electron chi connectivity index (χ3n) is 2.07. The lowest BCUT2D eigenvalue weighted by atomic mass is 10.2. The van der Waals surface area contributed by atoms with Crippen LogP contribution < -0.4 is 11.3 Å². The molecule has 0 aliphatic heterocycles. The van der Waals surface area contributed by atoms with Crippen molar-refractivity contribution in [2.75, 3.05) is 13.2 Å². The van der Waals surface area contributed by atoms with Crippen molar-refractivity contribution in [3.63, 3.8) is 0 Å². The fourth-order valence-electron chi connectivity index (χ4n) is 1.23. The number of hydrogen-bond donors (Lipinski definition) is 2. The fraction of sp³-hybridized carbons (Fsp3) is 0.667. The van der Waals surface area contributed by atoms with Crippen molar-refractivity contribution >= 4 is 11.3 Å². The summed E-state index contributed by atoms with van der Waals surface area (Å²) in [4.78, 5) is 3.80. The Morgan fingerprint density at radius 3 is 2.76 bits per heavy atom. The number of aromatic nitrogens is 1. The summed E-state index contributed by atoms with van der Waals surface area (Å²) in [5, 5.41) is -0.857. The van der Waals surface area contributed by atoms with Crippen LogP contribution in [0.25, 0.3) is 0 Å². The Labute approximate surface area is 101 Å². The molecule has 0 aromatic carbocycles. The van der Waals surface area contributed by atoms with Crippen LogP contribution in [0.4, 0.5) is 13.2 Å². The lowest BCUT2D eigenvalue weighted by Crippen LogP contribution is -2.28. The van der Waals surface area contributed by atoms with Crippen LogP contribution in [0, 0.1) is 0 Å². The van der Waals surface area contributed by atoms with Crippen LogP contribution in [0.15, 0.2) is 6.20 Å². The molecule has 17 heavy (non-hydrogen) atoms. The van der Waals surface area contributed by atoms with Gasteiger partial charge in [0, 0.05) is 24.3 Å². The maximum absolute atomic E-state index is 12.3. The van der Waals surface area contributed by atoms with Crippen LogP contribution in [0.2, 0.25) is 0 Å². The van der Waals surface area contributed by atoms with Gasteiger partial charge >= 0.3 is 6.18 Å². The molecule has 0 amide bonds. The average molecular weight is 269 g/mol. The standard InChI is InChI=1S/C9H14F3N3OS/c1-2-16-4-3-6(15-13)7-5-14-8(17-7)9(10,11)12/h5-6,15H,2-4,13H2,1H3. The van der Waals surface area contributed by atoms with E-state index in [0.717, 1.165) is 0 Å². The van der Waals surface area contributed by atoms with E-state index >= 15 is 0 Å². The molecule has 3 N–H and O–H groups in total. The van der Waals surface area contributed by atoms with Gasteiger partial charge in [-0.3, -0.25) is 11.3 Å². The molecule has 0 aliphatic rings. The van der Waals surface area contributed by atoms with Gasteiger partial charge in [0.25, 0.3) is 0 Å². The van der Waals surface area contributed by atoms with Crippen molar-refractivity contribution in [2.45, 2.75) is 25.6 Å². The first-order valence-electron chi connectivity index (χ1n) is 5.05. The van der Waals surface area contributed by atoms with Gasteiger partial charge < -0.3 is 4.74 Å². The van der Waals surface area contributed by atoms with Crippen LogP contribution in [0.3, 0.4) is 0 Å². The van der Waals surface area contributed by atoms with Gasteiger partial charge in [-0.2, -0.15) is 13.2 Å². The third-order valence-corrected chi connectivity index (χ3v) is 3.22. The highest BCUT2D eigenvalue weighted by atomic mass is 32.1. The third kappa shape index (κ3) is 4.23. The summed E-state index contributed by atoms with van der Waals surface area (Å²) in [5.41, 5.74) is 2.47. The lowest BCUT2D eigenvalue weighted by Gasteiger charge is -2.13. The second-order valence-electron chi connectivity index (χ2n) is 3.27. The van der Waals surface area contributed by atoms with Crippen molar-refractivity contribution in [3.05, 3.63) is 16.1 Å². The molecular formula is C9H14F3N3OS. The molecule has 0 radical (unpaired) electrons. The molecule has 8 heteroatoms. The number of halogens is 3. The van der Waals surface area contributed by atoms with E-state index in [9.17, 15) is 13.2 Å². The van der Waals surface area contributed by atoms with E-state index in [-0.39, 0.29) is 6.04 Å². The topological polar surface area (TPSA) is 60.2 Å². The molecule has 98 valence electrons. The van der Waals surface area contributed by atoms with E-state index < -0.39 is 11.2 Å². The van der Waals surface area contributed by atoms with E-state index in [1.807, 2.05) is 6.92 Å².